The van der Waals surface area contributed by atoms with Crippen LogP contribution in [0.2, 0.25) is 0 Å². The van der Waals surface area contributed by atoms with Crippen molar-refractivity contribution in [2.24, 2.45) is 5.73 Å². The Kier molecular flexibility index (Phi) is 3.45. The highest BCUT2D eigenvalue weighted by molar-refractivity contribution is 6.01. The minimum atomic E-state index is -0.611. The summed E-state index contributed by atoms with van der Waals surface area (Å²) in [6, 6.07) is 0. The van der Waals surface area contributed by atoms with Gasteiger partial charge in [-0.05, 0) is 39.2 Å². The monoisotopic (exact) mass is 263 g/mol. The topological polar surface area (TPSA) is 99.1 Å². The van der Waals surface area contributed by atoms with Gasteiger partial charge in [-0.25, -0.2) is 0 Å². The van der Waals surface area contributed by atoms with Crippen LogP contribution in [0.3, 0.4) is 0 Å². The highest BCUT2D eigenvalue weighted by Gasteiger charge is 2.30. The third-order valence-corrected chi connectivity index (χ3v) is 3.85. The molecule has 1 saturated heterocycles. The number of piperidine rings is 1. The maximum absolute atomic E-state index is 9.99. The summed E-state index contributed by atoms with van der Waals surface area (Å²) in [6.07, 6.45) is 1.36. The fraction of sp³-hybridized carbons (Fsp3) is 0.615. The zero-order valence-electron chi connectivity index (χ0n) is 11.7. The number of hydrogen-bond donors (Lipinski definition) is 3. The van der Waals surface area contributed by atoms with E-state index < -0.39 is 5.60 Å². The smallest absolute Gasteiger partial charge is 0.162 e. The van der Waals surface area contributed by atoms with Gasteiger partial charge in [-0.3, -0.25) is 5.41 Å². The van der Waals surface area contributed by atoms with E-state index in [4.69, 9.17) is 11.1 Å². The zero-order valence-corrected chi connectivity index (χ0v) is 11.7. The van der Waals surface area contributed by atoms with E-state index in [1.807, 2.05) is 25.7 Å². The summed E-state index contributed by atoms with van der Waals surface area (Å²) in [5.74, 6) is 0.675. The van der Waals surface area contributed by atoms with E-state index >= 15 is 0 Å². The maximum atomic E-state index is 9.99. The second-order valence-electron chi connectivity index (χ2n) is 5.51. The second-order valence-corrected chi connectivity index (χ2v) is 5.51. The number of amidine groups is 1. The molecule has 1 aromatic rings. The van der Waals surface area contributed by atoms with Gasteiger partial charge in [0.1, 0.15) is 5.84 Å². The number of nitrogens with two attached hydrogens (primary N) is 1. The molecule has 2 rings (SSSR count). The highest BCUT2D eigenvalue weighted by Crippen LogP contribution is 2.28. The molecule has 1 fully saturated rings. The molecule has 6 nitrogen and oxygen atoms in total. The van der Waals surface area contributed by atoms with Crippen LogP contribution in [0.1, 0.15) is 36.6 Å². The standard InChI is InChI=1S/C13H21N5O/c1-8-9(2)16-17-12(10(8)11(14)15)18-6-4-13(3,19)5-7-18/h19H,4-7H2,1-3H3,(H3,14,15). The molecule has 0 atom stereocenters. The predicted molar refractivity (Wildman–Crippen MR) is 74.6 cm³/mol. The van der Waals surface area contributed by atoms with Crippen LogP contribution in [-0.2, 0) is 0 Å². The molecule has 104 valence electrons. The quantitative estimate of drug-likeness (QED) is 0.539. The first-order valence-electron chi connectivity index (χ1n) is 6.47. The molecule has 1 aliphatic heterocycles. The van der Waals surface area contributed by atoms with Gasteiger partial charge in [-0.1, -0.05) is 0 Å². The number of nitrogens with zero attached hydrogens (tertiary/aromatic N) is 3. The van der Waals surface area contributed by atoms with Crippen LogP contribution in [0, 0.1) is 19.3 Å². The van der Waals surface area contributed by atoms with Gasteiger partial charge in [-0.15, -0.1) is 5.10 Å². The Hall–Kier alpha value is -1.69. The van der Waals surface area contributed by atoms with Crippen molar-refractivity contribution in [3.8, 4) is 0 Å². The molecule has 0 radical (unpaired) electrons. The molecule has 1 aliphatic rings. The lowest BCUT2D eigenvalue weighted by molar-refractivity contribution is 0.0350. The number of aryl methyl sites for hydroxylation is 1. The Labute approximate surface area is 113 Å². The summed E-state index contributed by atoms with van der Waals surface area (Å²) in [7, 11) is 0. The van der Waals surface area contributed by atoms with Crippen molar-refractivity contribution in [2.45, 2.75) is 39.2 Å². The minimum Gasteiger partial charge on any atom is -0.390 e. The number of nitrogen functional groups attached to an aromatic ring is 1. The fourth-order valence-electron chi connectivity index (χ4n) is 2.34. The third-order valence-electron chi connectivity index (χ3n) is 3.85. The van der Waals surface area contributed by atoms with E-state index in [2.05, 4.69) is 10.2 Å². The van der Waals surface area contributed by atoms with Gasteiger partial charge in [0, 0.05) is 13.1 Å². The first-order valence-corrected chi connectivity index (χ1v) is 6.47. The molecule has 0 spiro atoms. The molecule has 0 saturated carbocycles. The molecule has 0 bridgehead atoms. The van der Waals surface area contributed by atoms with Crippen molar-refractivity contribution in [1.29, 1.82) is 5.41 Å². The summed E-state index contributed by atoms with van der Waals surface area (Å²) in [5, 5.41) is 26.1. The van der Waals surface area contributed by atoms with Crippen LogP contribution in [0.5, 0.6) is 0 Å². The fourth-order valence-corrected chi connectivity index (χ4v) is 2.34. The van der Waals surface area contributed by atoms with E-state index in [0.717, 1.165) is 11.3 Å². The van der Waals surface area contributed by atoms with E-state index in [9.17, 15) is 5.11 Å². The molecular formula is C13H21N5O. The van der Waals surface area contributed by atoms with E-state index in [0.29, 0.717) is 37.3 Å². The first kappa shape index (κ1) is 13.7. The average molecular weight is 263 g/mol. The SMILES string of the molecule is Cc1nnc(N2CCC(C)(O)CC2)c(C(=N)N)c1C. The Morgan fingerprint density at radius 2 is 1.89 bits per heavy atom. The number of rotatable bonds is 2. The van der Waals surface area contributed by atoms with Crippen LogP contribution >= 0.6 is 0 Å². The Morgan fingerprint density at radius 3 is 2.42 bits per heavy atom. The molecule has 2 heterocycles. The predicted octanol–water partition coefficient (Wildman–Crippen LogP) is 0.729. The van der Waals surface area contributed by atoms with E-state index in [-0.39, 0.29) is 5.84 Å². The van der Waals surface area contributed by atoms with Gasteiger partial charge < -0.3 is 15.7 Å². The normalized spacial score (nSPS) is 18.4. The summed E-state index contributed by atoms with van der Waals surface area (Å²) in [4.78, 5) is 2.05. The van der Waals surface area contributed by atoms with Crippen molar-refractivity contribution in [2.75, 3.05) is 18.0 Å². The minimum absolute atomic E-state index is 0.0165. The third kappa shape index (κ3) is 2.68. The Balaban J connectivity index is 2.36. The molecule has 6 heteroatoms. The maximum Gasteiger partial charge on any atom is 0.162 e. The second kappa shape index (κ2) is 4.77. The molecule has 4 N–H and O–H groups in total. The average Bonchev–Trinajstić information content (AvgIpc) is 2.32. The highest BCUT2D eigenvalue weighted by atomic mass is 16.3. The number of aromatic nitrogens is 2. The molecule has 19 heavy (non-hydrogen) atoms. The molecule has 0 unspecified atom stereocenters. The van der Waals surface area contributed by atoms with Crippen LogP contribution < -0.4 is 10.6 Å². The van der Waals surface area contributed by atoms with Crippen molar-refractivity contribution in [1.82, 2.24) is 10.2 Å². The summed E-state index contributed by atoms with van der Waals surface area (Å²) in [5.41, 5.74) is 7.42. The largest absolute Gasteiger partial charge is 0.390 e. The van der Waals surface area contributed by atoms with E-state index in [1.165, 1.54) is 0 Å². The summed E-state index contributed by atoms with van der Waals surface area (Å²) in [6.45, 7) is 7.01. The number of anilines is 1. The molecule has 0 aliphatic carbocycles. The first-order chi connectivity index (χ1) is 8.82. The van der Waals surface area contributed by atoms with Gasteiger partial charge in [-0.2, -0.15) is 5.10 Å². The van der Waals surface area contributed by atoms with Crippen LogP contribution in [0.15, 0.2) is 0 Å². The van der Waals surface area contributed by atoms with Gasteiger partial charge >= 0.3 is 0 Å². The Bertz CT molecular complexity index is 502. The molecular weight excluding hydrogens is 242 g/mol. The molecule has 0 aromatic carbocycles. The number of nitrogens with one attached hydrogen (secondary N) is 1. The summed E-state index contributed by atoms with van der Waals surface area (Å²) < 4.78 is 0. The van der Waals surface area contributed by atoms with Crippen molar-refractivity contribution in [3.63, 3.8) is 0 Å². The van der Waals surface area contributed by atoms with Crippen LogP contribution in [0.4, 0.5) is 5.82 Å². The van der Waals surface area contributed by atoms with E-state index in [1.54, 1.807) is 0 Å². The molecule has 0 amide bonds. The van der Waals surface area contributed by atoms with Gasteiger partial charge in [0.25, 0.3) is 0 Å². The van der Waals surface area contributed by atoms with Gasteiger partial charge in [0.2, 0.25) is 0 Å². The van der Waals surface area contributed by atoms with Crippen LogP contribution in [0.25, 0.3) is 0 Å². The van der Waals surface area contributed by atoms with Crippen molar-refractivity contribution >= 4 is 11.7 Å². The van der Waals surface area contributed by atoms with Crippen molar-refractivity contribution in [3.05, 3.63) is 16.8 Å². The lowest BCUT2D eigenvalue weighted by Gasteiger charge is -2.37. The molecule has 1 aromatic heterocycles. The number of hydrogen-bond acceptors (Lipinski definition) is 5. The lowest BCUT2D eigenvalue weighted by atomic mass is 9.93. The van der Waals surface area contributed by atoms with Gasteiger partial charge in [0.05, 0.1) is 16.9 Å². The summed E-state index contributed by atoms with van der Waals surface area (Å²) >= 11 is 0. The lowest BCUT2D eigenvalue weighted by Crippen LogP contribution is -2.43. The van der Waals surface area contributed by atoms with Crippen molar-refractivity contribution < 1.29 is 5.11 Å². The van der Waals surface area contributed by atoms with Gasteiger partial charge in [0.15, 0.2) is 5.82 Å². The zero-order chi connectivity index (χ0) is 14.2. The Morgan fingerprint density at radius 1 is 1.32 bits per heavy atom. The van der Waals surface area contributed by atoms with Crippen LogP contribution in [-0.4, -0.2) is 39.8 Å². The number of aliphatic hydroxyl groups is 1.